The number of nitrogens with one attached hydrogen (secondary N) is 1. The summed E-state index contributed by atoms with van der Waals surface area (Å²) in [4.78, 5) is 15.0. The molecule has 0 unspecified atom stereocenters. The molecular weight excluding hydrogens is 348 g/mol. The molecule has 0 saturated heterocycles. The number of hydrogen-bond donors (Lipinski definition) is 1. The van der Waals surface area contributed by atoms with Gasteiger partial charge >= 0.3 is 0 Å². The predicted molar refractivity (Wildman–Crippen MR) is 113 cm³/mol. The molecule has 0 spiro atoms. The number of aromatic nitrogens is 2. The lowest BCUT2D eigenvalue weighted by molar-refractivity contribution is 0.0949. The van der Waals surface area contributed by atoms with Crippen molar-refractivity contribution in [2.45, 2.75) is 20.4 Å². The third-order valence-corrected chi connectivity index (χ3v) is 4.95. The van der Waals surface area contributed by atoms with E-state index in [1.54, 1.807) is 6.20 Å². The van der Waals surface area contributed by atoms with Crippen LogP contribution in [0.2, 0.25) is 0 Å². The normalized spacial score (nSPS) is 11.0. The summed E-state index contributed by atoms with van der Waals surface area (Å²) in [5.74, 6) is -0.0247. The van der Waals surface area contributed by atoms with E-state index < -0.39 is 0 Å². The minimum atomic E-state index is -0.0247. The monoisotopic (exact) mass is 376 g/mol. The average molecular weight is 377 g/mol. The Hall–Kier alpha value is -2.92. The second kappa shape index (κ2) is 9.85. The topological polar surface area (TPSA) is 50.2 Å². The van der Waals surface area contributed by atoms with Gasteiger partial charge in [0.15, 0.2) is 0 Å². The summed E-state index contributed by atoms with van der Waals surface area (Å²) in [7, 11) is 0. The van der Waals surface area contributed by atoms with Crippen molar-refractivity contribution in [3.05, 3.63) is 78.1 Å². The highest BCUT2D eigenvalue weighted by molar-refractivity contribution is 6.00. The Balaban J connectivity index is 1.70. The van der Waals surface area contributed by atoms with Gasteiger partial charge < -0.3 is 10.2 Å². The zero-order valence-corrected chi connectivity index (χ0v) is 16.6. The lowest BCUT2D eigenvalue weighted by Gasteiger charge is -2.18. The average Bonchev–Trinajstić information content (AvgIpc) is 3.25. The van der Waals surface area contributed by atoms with E-state index in [1.165, 1.54) is 5.56 Å². The molecule has 1 amide bonds. The van der Waals surface area contributed by atoms with Gasteiger partial charge in [-0.3, -0.25) is 9.48 Å². The van der Waals surface area contributed by atoms with Gasteiger partial charge in [0.2, 0.25) is 0 Å². The van der Waals surface area contributed by atoms with Crippen LogP contribution >= 0.6 is 0 Å². The van der Waals surface area contributed by atoms with Crippen molar-refractivity contribution in [1.82, 2.24) is 20.0 Å². The fourth-order valence-corrected chi connectivity index (χ4v) is 3.27. The summed E-state index contributed by atoms with van der Waals surface area (Å²) in [6, 6.07) is 18.0. The maximum absolute atomic E-state index is 12.7. The number of nitrogens with zero attached hydrogens (tertiary/aromatic N) is 3. The minimum absolute atomic E-state index is 0.0247. The van der Waals surface area contributed by atoms with Crippen molar-refractivity contribution >= 4 is 5.91 Å². The summed E-state index contributed by atoms with van der Waals surface area (Å²) in [5, 5.41) is 7.30. The van der Waals surface area contributed by atoms with E-state index in [0.717, 1.165) is 37.3 Å². The van der Waals surface area contributed by atoms with Gasteiger partial charge in [-0.05, 0) is 41.9 Å². The molecule has 3 aromatic rings. The lowest BCUT2D eigenvalue weighted by atomic mass is 9.98. The number of amides is 1. The van der Waals surface area contributed by atoms with Crippen LogP contribution in [0.15, 0.2) is 67.0 Å². The Morgan fingerprint density at radius 2 is 1.79 bits per heavy atom. The smallest absolute Gasteiger partial charge is 0.251 e. The van der Waals surface area contributed by atoms with Gasteiger partial charge in [0.05, 0.1) is 6.54 Å². The third-order valence-electron chi connectivity index (χ3n) is 4.95. The van der Waals surface area contributed by atoms with Crippen LogP contribution in [0.25, 0.3) is 11.1 Å². The number of likely N-dealkylation sites (N-methyl/N-ethyl adjacent to an activating group) is 1. The Labute approximate surface area is 167 Å². The van der Waals surface area contributed by atoms with Crippen molar-refractivity contribution in [3.8, 4) is 11.1 Å². The number of carbonyl (C=O) groups is 1. The Morgan fingerprint density at radius 3 is 2.46 bits per heavy atom. The van der Waals surface area contributed by atoms with Crippen molar-refractivity contribution in [2.24, 2.45) is 0 Å². The fraction of sp³-hybridized carbons (Fsp3) is 0.304. The van der Waals surface area contributed by atoms with Crippen LogP contribution in [0.1, 0.15) is 29.8 Å². The molecule has 2 aromatic carbocycles. The number of hydrogen-bond acceptors (Lipinski definition) is 3. The molecule has 5 nitrogen and oxygen atoms in total. The number of rotatable bonds is 9. The molecule has 0 saturated carbocycles. The molecule has 0 atom stereocenters. The highest BCUT2D eigenvalue weighted by Crippen LogP contribution is 2.24. The summed E-state index contributed by atoms with van der Waals surface area (Å²) in [5.41, 5.74) is 3.88. The van der Waals surface area contributed by atoms with E-state index in [4.69, 9.17) is 0 Å². The van der Waals surface area contributed by atoms with Crippen molar-refractivity contribution in [3.63, 3.8) is 0 Å². The minimum Gasteiger partial charge on any atom is -0.351 e. The first kappa shape index (κ1) is 19.8. The van der Waals surface area contributed by atoms with Gasteiger partial charge in [-0.15, -0.1) is 0 Å². The Morgan fingerprint density at radius 1 is 1.04 bits per heavy atom. The molecule has 146 valence electrons. The van der Waals surface area contributed by atoms with Gasteiger partial charge in [0, 0.05) is 31.0 Å². The van der Waals surface area contributed by atoms with Crippen LogP contribution in [0.3, 0.4) is 0 Å². The standard InChI is InChI=1S/C23H28N4O/c1-3-26(4-2)17-15-24-23(28)22-9-6-5-8-21(22)20-12-10-19(11-13-20)18-27-16-7-14-25-27/h5-14,16H,3-4,15,17-18H2,1-2H3,(H,24,28). The van der Waals surface area contributed by atoms with Crippen LogP contribution in [-0.2, 0) is 6.54 Å². The molecule has 0 aliphatic heterocycles. The second-order valence-corrected chi connectivity index (χ2v) is 6.73. The first-order valence-corrected chi connectivity index (χ1v) is 9.87. The molecule has 0 aliphatic rings. The van der Waals surface area contributed by atoms with Gasteiger partial charge in [0.1, 0.15) is 0 Å². The molecule has 1 aromatic heterocycles. The maximum Gasteiger partial charge on any atom is 0.251 e. The van der Waals surface area contributed by atoms with Crippen molar-refractivity contribution in [2.75, 3.05) is 26.2 Å². The van der Waals surface area contributed by atoms with Gasteiger partial charge in [-0.1, -0.05) is 56.3 Å². The predicted octanol–water partition coefficient (Wildman–Crippen LogP) is 3.67. The van der Waals surface area contributed by atoms with E-state index in [-0.39, 0.29) is 5.91 Å². The number of benzene rings is 2. The molecule has 0 radical (unpaired) electrons. The molecule has 0 aliphatic carbocycles. The lowest BCUT2D eigenvalue weighted by Crippen LogP contribution is -2.34. The summed E-state index contributed by atoms with van der Waals surface area (Å²) in [6.07, 6.45) is 3.73. The largest absolute Gasteiger partial charge is 0.351 e. The van der Waals surface area contributed by atoms with Gasteiger partial charge in [-0.2, -0.15) is 5.10 Å². The molecule has 0 fully saturated rings. The van der Waals surface area contributed by atoms with Crippen molar-refractivity contribution in [1.29, 1.82) is 0 Å². The van der Waals surface area contributed by atoms with E-state index in [1.807, 2.05) is 41.2 Å². The molecule has 28 heavy (non-hydrogen) atoms. The summed E-state index contributed by atoms with van der Waals surface area (Å²) in [6.45, 7) is 8.51. The van der Waals surface area contributed by atoms with E-state index in [2.05, 4.69) is 53.4 Å². The van der Waals surface area contributed by atoms with Gasteiger partial charge in [-0.25, -0.2) is 0 Å². The van der Waals surface area contributed by atoms with E-state index in [9.17, 15) is 4.79 Å². The first-order valence-electron chi connectivity index (χ1n) is 9.87. The quantitative estimate of drug-likeness (QED) is 0.620. The van der Waals surface area contributed by atoms with Crippen molar-refractivity contribution < 1.29 is 4.79 Å². The molecule has 0 bridgehead atoms. The first-order chi connectivity index (χ1) is 13.7. The Bertz CT molecular complexity index is 868. The Kier molecular flexibility index (Phi) is 6.98. The highest BCUT2D eigenvalue weighted by atomic mass is 16.1. The molecule has 1 heterocycles. The van der Waals surface area contributed by atoms with Crippen LogP contribution in [-0.4, -0.2) is 46.8 Å². The molecule has 1 N–H and O–H groups in total. The second-order valence-electron chi connectivity index (χ2n) is 6.73. The van der Waals surface area contributed by atoms with E-state index in [0.29, 0.717) is 12.1 Å². The molecule has 3 rings (SSSR count). The fourth-order valence-electron chi connectivity index (χ4n) is 3.27. The van der Waals surface area contributed by atoms with Crippen LogP contribution < -0.4 is 5.32 Å². The summed E-state index contributed by atoms with van der Waals surface area (Å²) < 4.78 is 1.90. The van der Waals surface area contributed by atoms with Crippen LogP contribution in [0.5, 0.6) is 0 Å². The van der Waals surface area contributed by atoms with Gasteiger partial charge in [0.25, 0.3) is 5.91 Å². The maximum atomic E-state index is 12.7. The highest BCUT2D eigenvalue weighted by Gasteiger charge is 2.12. The zero-order chi connectivity index (χ0) is 19.8. The zero-order valence-electron chi connectivity index (χ0n) is 16.6. The van der Waals surface area contributed by atoms with E-state index >= 15 is 0 Å². The van der Waals surface area contributed by atoms with Crippen LogP contribution in [0.4, 0.5) is 0 Å². The third kappa shape index (κ3) is 5.08. The molecule has 5 heteroatoms. The summed E-state index contributed by atoms with van der Waals surface area (Å²) >= 11 is 0. The molecular formula is C23H28N4O. The van der Waals surface area contributed by atoms with Crippen LogP contribution in [0, 0.1) is 0 Å². The number of carbonyl (C=O) groups excluding carboxylic acids is 1. The SMILES string of the molecule is CCN(CC)CCNC(=O)c1ccccc1-c1ccc(Cn2cccn2)cc1.